The number of hydrogen-bond acceptors (Lipinski definition) is 2. The van der Waals surface area contributed by atoms with E-state index in [1.807, 2.05) is 14.1 Å². The van der Waals surface area contributed by atoms with Crippen molar-refractivity contribution in [1.29, 1.82) is 0 Å². The van der Waals surface area contributed by atoms with E-state index in [0.717, 1.165) is 0 Å². The molecule has 0 spiro atoms. The molecule has 0 heterocycles. The lowest BCUT2D eigenvalue weighted by molar-refractivity contribution is -0.117. The van der Waals surface area contributed by atoms with Gasteiger partial charge >= 0.3 is 0 Å². The molecule has 0 aromatic rings. The number of nitrogens with zero attached hydrogens (tertiary/aromatic N) is 2. The fourth-order valence-electron chi connectivity index (χ4n) is 0.525. The van der Waals surface area contributed by atoms with Gasteiger partial charge in [0.25, 0.3) is 0 Å². The molecular weight excluding hydrogens is 130 g/mol. The highest BCUT2D eigenvalue weighted by Crippen LogP contribution is 1.76. The molecule has 0 saturated heterocycles. The molecular formula is C6H13N3O. The number of rotatable bonds is 0. The molecule has 1 N–H and O–H groups in total. The number of carbonyl (C=O) groups is 1. The minimum atomic E-state index is -0.103. The van der Waals surface area contributed by atoms with Gasteiger partial charge < -0.3 is 4.90 Å². The largest absolute Gasteiger partial charge is 0.349 e. The molecule has 0 atom stereocenters. The van der Waals surface area contributed by atoms with Crippen LogP contribution in [0.1, 0.15) is 6.92 Å². The van der Waals surface area contributed by atoms with Gasteiger partial charge in [-0.25, -0.2) is 0 Å². The van der Waals surface area contributed by atoms with E-state index in [4.69, 9.17) is 0 Å². The molecule has 0 aliphatic rings. The van der Waals surface area contributed by atoms with Crippen molar-refractivity contribution in [2.24, 2.45) is 4.99 Å². The summed E-state index contributed by atoms with van der Waals surface area (Å²) in [6.07, 6.45) is 0. The zero-order valence-electron chi connectivity index (χ0n) is 6.80. The third kappa shape index (κ3) is 3.06. The quantitative estimate of drug-likeness (QED) is 0.373. The third-order valence-electron chi connectivity index (χ3n) is 0.923. The first-order chi connectivity index (χ1) is 4.57. The van der Waals surface area contributed by atoms with Crippen LogP contribution in [0.25, 0.3) is 0 Å². The lowest BCUT2D eigenvalue weighted by atomic mass is 10.6. The van der Waals surface area contributed by atoms with Gasteiger partial charge in [-0.2, -0.15) is 0 Å². The predicted molar refractivity (Wildman–Crippen MR) is 40.9 cm³/mol. The van der Waals surface area contributed by atoms with E-state index >= 15 is 0 Å². The molecule has 58 valence electrons. The summed E-state index contributed by atoms with van der Waals surface area (Å²) in [6.45, 7) is 1.45. The van der Waals surface area contributed by atoms with Crippen LogP contribution in [-0.2, 0) is 4.79 Å². The van der Waals surface area contributed by atoms with Crippen LogP contribution in [0.5, 0.6) is 0 Å². The van der Waals surface area contributed by atoms with Crippen LogP contribution in [0.4, 0.5) is 0 Å². The minimum absolute atomic E-state index is 0.103. The van der Waals surface area contributed by atoms with Crippen LogP contribution < -0.4 is 5.32 Å². The second-order valence-electron chi connectivity index (χ2n) is 2.12. The van der Waals surface area contributed by atoms with Crippen molar-refractivity contribution in [1.82, 2.24) is 10.2 Å². The van der Waals surface area contributed by atoms with Gasteiger partial charge in [0.05, 0.1) is 0 Å². The van der Waals surface area contributed by atoms with Crippen LogP contribution in [-0.4, -0.2) is 37.9 Å². The van der Waals surface area contributed by atoms with E-state index in [2.05, 4.69) is 10.3 Å². The number of nitrogens with one attached hydrogen (secondary N) is 1. The lowest BCUT2D eigenvalue weighted by Gasteiger charge is -2.14. The summed E-state index contributed by atoms with van der Waals surface area (Å²) in [5, 5.41) is 2.57. The standard InChI is InChI=1S/C6H13N3O/c1-5(10)8-6(7-2)9(3)4/h1-4H3,(H,7,8,10). The van der Waals surface area contributed by atoms with E-state index in [0.29, 0.717) is 5.96 Å². The number of carbonyl (C=O) groups excluding carboxylic acids is 1. The monoisotopic (exact) mass is 143 g/mol. The molecule has 0 saturated carbocycles. The van der Waals surface area contributed by atoms with Crippen molar-refractivity contribution < 1.29 is 4.79 Å². The molecule has 0 fully saturated rings. The first-order valence-electron chi connectivity index (χ1n) is 2.99. The normalized spacial score (nSPS) is 11.0. The molecule has 0 aliphatic heterocycles. The maximum absolute atomic E-state index is 10.5. The van der Waals surface area contributed by atoms with E-state index in [9.17, 15) is 4.79 Å². The highest BCUT2D eigenvalue weighted by atomic mass is 16.1. The highest BCUT2D eigenvalue weighted by Gasteiger charge is 2.00. The van der Waals surface area contributed by atoms with Crippen LogP contribution in [0.15, 0.2) is 4.99 Å². The zero-order valence-corrected chi connectivity index (χ0v) is 6.80. The summed E-state index contributed by atoms with van der Waals surface area (Å²) in [6, 6.07) is 0. The Hall–Kier alpha value is -1.06. The average Bonchev–Trinajstić information content (AvgIpc) is 1.81. The molecule has 10 heavy (non-hydrogen) atoms. The second-order valence-corrected chi connectivity index (χ2v) is 2.12. The minimum Gasteiger partial charge on any atom is -0.349 e. The van der Waals surface area contributed by atoms with E-state index < -0.39 is 0 Å². The van der Waals surface area contributed by atoms with Crippen molar-refractivity contribution in [2.45, 2.75) is 6.92 Å². The van der Waals surface area contributed by atoms with Gasteiger partial charge in [0, 0.05) is 28.1 Å². The summed E-state index contributed by atoms with van der Waals surface area (Å²) < 4.78 is 0. The van der Waals surface area contributed by atoms with Crippen LogP contribution in [0.3, 0.4) is 0 Å². The lowest BCUT2D eigenvalue weighted by Crippen LogP contribution is -2.38. The van der Waals surface area contributed by atoms with E-state index in [1.54, 1.807) is 11.9 Å². The van der Waals surface area contributed by atoms with Gasteiger partial charge in [0.1, 0.15) is 0 Å². The fourth-order valence-corrected chi connectivity index (χ4v) is 0.525. The topological polar surface area (TPSA) is 44.7 Å². The molecule has 0 radical (unpaired) electrons. The number of guanidine groups is 1. The van der Waals surface area contributed by atoms with Gasteiger partial charge in [0.2, 0.25) is 5.91 Å². The first kappa shape index (κ1) is 8.94. The maximum atomic E-state index is 10.5. The predicted octanol–water partition coefficient (Wildman–Crippen LogP) is -0.330. The Bertz CT molecular complexity index is 151. The molecule has 0 aliphatic carbocycles. The molecule has 0 aromatic carbocycles. The smallest absolute Gasteiger partial charge is 0.223 e. The molecule has 0 unspecified atom stereocenters. The second kappa shape index (κ2) is 3.87. The van der Waals surface area contributed by atoms with Crippen molar-refractivity contribution in [3.8, 4) is 0 Å². The number of amides is 1. The average molecular weight is 143 g/mol. The van der Waals surface area contributed by atoms with Gasteiger partial charge in [-0.15, -0.1) is 0 Å². The Morgan fingerprint density at radius 3 is 2.10 bits per heavy atom. The first-order valence-corrected chi connectivity index (χ1v) is 2.99. The van der Waals surface area contributed by atoms with Gasteiger partial charge in [-0.3, -0.25) is 15.1 Å². The molecule has 4 nitrogen and oxygen atoms in total. The van der Waals surface area contributed by atoms with Gasteiger partial charge in [0.15, 0.2) is 5.96 Å². The Morgan fingerprint density at radius 2 is 2.00 bits per heavy atom. The van der Waals surface area contributed by atoms with Crippen molar-refractivity contribution in [3.05, 3.63) is 0 Å². The Morgan fingerprint density at radius 1 is 1.50 bits per heavy atom. The van der Waals surface area contributed by atoms with Crippen molar-refractivity contribution in [2.75, 3.05) is 21.1 Å². The zero-order chi connectivity index (χ0) is 8.15. The summed E-state index contributed by atoms with van der Waals surface area (Å²) in [7, 11) is 5.27. The molecule has 0 aromatic heterocycles. The van der Waals surface area contributed by atoms with Crippen molar-refractivity contribution >= 4 is 11.9 Å². The van der Waals surface area contributed by atoms with E-state index in [1.165, 1.54) is 6.92 Å². The van der Waals surface area contributed by atoms with E-state index in [-0.39, 0.29) is 5.91 Å². The molecule has 1 amide bonds. The van der Waals surface area contributed by atoms with Gasteiger partial charge in [-0.05, 0) is 0 Å². The van der Waals surface area contributed by atoms with Crippen LogP contribution in [0.2, 0.25) is 0 Å². The number of hydrogen-bond donors (Lipinski definition) is 1. The molecule has 0 rings (SSSR count). The summed E-state index contributed by atoms with van der Waals surface area (Å²) in [4.78, 5) is 16.1. The summed E-state index contributed by atoms with van der Waals surface area (Å²) in [5.41, 5.74) is 0. The molecule has 0 bridgehead atoms. The summed E-state index contributed by atoms with van der Waals surface area (Å²) in [5.74, 6) is 0.474. The Balaban J connectivity index is 3.99. The molecule has 4 heteroatoms. The maximum Gasteiger partial charge on any atom is 0.223 e. The third-order valence-corrected chi connectivity index (χ3v) is 0.923. The van der Waals surface area contributed by atoms with Crippen LogP contribution in [0, 0.1) is 0 Å². The summed E-state index contributed by atoms with van der Waals surface area (Å²) >= 11 is 0. The highest BCUT2D eigenvalue weighted by molar-refractivity contribution is 5.95. The van der Waals surface area contributed by atoms with Crippen LogP contribution >= 0.6 is 0 Å². The number of aliphatic imine (C=N–C) groups is 1. The fraction of sp³-hybridized carbons (Fsp3) is 0.667. The Labute approximate surface area is 60.9 Å². The Kier molecular flexibility index (Phi) is 3.46. The SMILES string of the molecule is CN=C(NC(C)=O)N(C)C. The van der Waals surface area contributed by atoms with Gasteiger partial charge in [-0.1, -0.05) is 0 Å². The van der Waals surface area contributed by atoms with Crippen molar-refractivity contribution in [3.63, 3.8) is 0 Å².